The zero-order chi connectivity index (χ0) is 13.4. The Kier molecular flexibility index (Phi) is 3.64. The summed E-state index contributed by atoms with van der Waals surface area (Å²) in [6.07, 6.45) is 3.06. The highest BCUT2D eigenvalue weighted by Crippen LogP contribution is 2.39. The zero-order valence-corrected chi connectivity index (χ0v) is 13.0. The van der Waals surface area contributed by atoms with Crippen LogP contribution in [0.15, 0.2) is 5.16 Å². The molecule has 0 atom stereocenters. The summed E-state index contributed by atoms with van der Waals surface area (Å²) < 4.78 is 5.74. The largest absolute Gasteiger partial charge is 0.477 e. The van der Waals surface area contributed by atoms with Crippen molar-refractivity contribution in [3.8, 4) is 5.88 Å². The van der Waals surface area contributed by atoms with Gasteiger partial charge in [0.2, 0.25) is 5.88 Å². The minimum absolute atomic E-state index is 0.643. The van der Waals surface area contributed by atoms with Crippen molar-refractivity contribution in [2.45, 2.75) is 25.0 Å². The third-order valence-corrected chi connectivity index (χ3v) is 4.96. The molecule has 0 unspecified atom stereocenters. The SMILES string of the molecule is CCOc1nc(SC)nc2sc3c(c12)CCN(C)C3. The van der Waals surface area contributed by atoms with E-state index in [-0.39, 0.29) is 0 Å². The molecule has 3 heterocycles. The van der Waals surface area contributed by atoms with Crippen LogP contribution in [0.25, 0.3) is 10.2 Å². The fourth-order valence-electron chi connectivity index (χ4n) is 2.40. The Morgan fingerprint density at radius 3 is 3.00 bits per heavy atom. The summed E-state index contributed by atoms with van der Waals surface area (Å²) in [5.74, 6) is 0.763. The van der Waals surface area contributed by atoms with Gasteiger partial charge in [-0.1, -0.05) is 11.8 Å². The number of hydrogen-bond acceptors (Lipinski definition) is 6. The number of thiophene rings is 1. The van der Waals surface area contributed by atoms with Crippen LogP contribution in [0.3, 0.4) is 0 Å². The number of likely N-dealkylation sites (N-methyl/N-ethyl adjacent to an activating group) is 1. The minimum atomic E-state index is 0.643. The van der Waals surface area contributed by atoms with Crippen molar-refractivity contribution < 1.29 is 4.74 Å². The second-order valence-corrected chi connectivity index (χ2v) is 6.48. The van der Waals surface area contributed by atoms with Crippen molar-refractivity contribution >= 4 is 33.3 Å². The molecule has 1 aliphatic heterocycles. The van der Waals surface area contributed by atoms with Gasteiger partial charge in [-0.15, -0.1) is 11.3 Å². The quantitative estimate of drug-likeness (QED) is 0.643. The lowest BCUT2D eigenvalue weighted by Crippen LogP contribution is -2.25. The van der Waals surface area contributed by atoms with E-state index in [0.29, 0.717) is 6.61 Å². The number of rotatable bonds is 3. The van der Waals surface area contributed by atoms with E-state index in [2.05, 4.69) is 21.9 Å². The molecule has 2 aromatic heterocycles. The second kappa shape index (κ2) is 5.26. The van der Waals surface area contributed by atoms with Crippen molar-refractivity contribution in [3.05, 3.63) is 10.4 Å². The maximum Gasteiger partial charge on any atom is 0.226 e. The van der Waals surface area contributed by atoms with E-state index in [1.807, 2.05) is 13.2 Å². The maximum atomic E-state index is 5.74. The predicted octanol–water partition coefficient (Wildman–Crippen LogP) is 2.80. The summed E-state index contributed by atoms with van der Waals surface area (Å²) in [4.78, 5) is 14.0. The molecule has 0 saturated carbocycles. The molecule has 2 aromatic rings. The first-order valence-corrected chi connectivity index (χ1v) is 8.44. The number of thioether (sulfide) groups is 1. The summed E-state index contributed by atoms with van der Waals surface area (Å²) in [5.41, 5.74) is 1.40. The van der Waals surface area contributed by atoms with E-state index in [1.165, 1.54) is 10.4 Å². The third kappa shape index (κ3) is 2.32. The van der Waals surface area contributed by atoms with Gasteiger partial charge in [-0.05, 0) is 32.2 Å². The lowest BCUT2D eigenvalue weighted by atomic mass is 10.1. The van der Waals surface area contributed by atoms with Gasteiger partial charge in [-0.25, -0.2) is 4.98 Å². The summed E-state index contributed by atoms with van der Waals surface area (Å²) in [7, 11) is 2.16. The average molecular weight is 295 g/mol. The Hall–Kier alpha value is -0.850. The van der Waals surface area contributed by atoms with Crippen molar-refractivity contribution in [1.29, 1.82) is 0 Å². The van der Waals surface area contributed by atoms with Gasteiger partial charge in [0.25, 0.3) is 0 Å². The Morgan fingerprint density at radius 2 is 2.26 bits per heavy atom. The molecule has 0 N–H and O–H groups in total. The summed E-state index contributed by atoms with van der Waals surface area (Å²) in [5, 5.41) is 1.94. The molecule has 0 aromatic carbocycles. The van der Waals surface area contributed by atoms with Crippen molar-refractivity contribution in [2.75, 3.05) is 26.5 Å². The molecule has 0 bridgehead atoms. The van der Waals surface area contributed by atoms with Gasteiger partial charge in [0.15, 0.2) is 5.16 Å². The van der Waals surface area contributed by atoms with Crippen molar-refractivity contribution in [3.63, 3.8) is 0 Å². The number of ether oxygens (including phenoxy) is 1. The van der Waals surface area contributed by atoms with Gasteiger partial charge in [0.05, 0.1) is 12.0 Å². The van der Waals surface area contributed by atoms with Crippen LogP contribution < -0.4 is 4.74 Å². The highest BCUT2D eigenvalue weighted by molar-refractivity contribution is 7.98. The number of fused-ring (bicyclic) bond motifs is 3. The molecule has 6 heteroatoms. The molecule has 0 radical (unpaired) electrons. The van der Waals surface area contributed by atoms with Crippen molar-refractivity contribution in [2.24, 2.45) is 0 Å². The van der Waals surface area contributed by atoms with Gasteiger partial charge in [0, 0.05) is 18.0 Å². The fraction of sp³-hybridized carbons (Fsp3) is 0.538. The molecule has 4 nitrogen and oxygen atoms in total. The molecule has 3 rings (SSSR count). The molecule has 1 aliphatic rings. The first kappa shape index (κ1) is 13.1. The first-order chi connectivity index (χ1) is 9.22. The van der Waals surface area contributed by atoms with Crippen LogP contribution in [0.4, 0.5) is 0 Å². The predicted molar refractivity (Wildman–Crippen MR) is 80.4 cm³/mol. The van der Waals surface area contributed by atoms with Crippen LogP contribution >= 0.6 is 23.1 Å². The molecule has 19 heavy (non-hydrogen) atoms. The Morgan fingerprint density at radius 1 is 1.42 bits per heavy atom. The average Bonchev–Trinajstić information content (AvgIpc) is 2.76. The zero-order valence-electron chi connectivity index (χ0n) is 11.4. The maximum absolute atomic E-state index is 5.74. The van der Waals surface area contributed by atoms with E-state index in [4.69, 9.17) is 4.74 Å². The van der Waals surface area contributed by atoms with Gasteiger partial charge < -0.3 is 9.64 Å². The standard InChI is InChI=1S/C13H17N3OS2/c1-4-17-11-10-8-5-6-16(2)7-9(8)19-12(10)15-13(14-11)18-3/h4-7H2,1-3H3. The van der Waals surface area contributed by atoms with Crippen LogP contribution in [0.2, 0.25) is 0 Å². The number of nitrogens with zero attached hydrogens (tertiary/aromatic N) is 3. The molecule has 0 fully saturated rings. The van der Waals surface area contributed by atoms with Crippen LogP contribution in [0.5, 0.6) is 5.88 Å². The smallest absolute Gasteiger partial charge is 0.226 e. The van der Waals surface area contributed by atoms with E-state index in [9.17, 15) is 0 Å². The van der Waals surface area contributed by atoms with E-state index in [1.54, 1.807) is 23.1 Å². The molecular weight excluding hydrogens is 278 g/mol. The van der Waals surface area contributed by atoms with E-state index < -0.39 is 0 Å². The highest BCUT2D eigenvalue weighted by atomic mass is 32.2. The van der Waals surface area contributed by atoms with Crippen LogP contribution in [0, 0.1) is 0 Å². The molecule has 0 saturated heterocycles. The number of aromatic nitrogens is 2. The topological polar surface area (TPSA) is 38.3 Å². The van der Waals surface area contributed by atoms with Crippen molar-refractivity contribution in [1.82, 2.24) is 14.9 Å². The highest BCUT2D eigenvalue weighted by Gasteiger charge is 2.23. The summed E-state index contributed by atoms with van der Waals surface area (Å²) in [6.45, 7) is 4.74. The monoisotopic (exact) mass is 295 g/mol. The molecular formula is C13H17N3OS2. The lowest BCUT2D eigenvalue weighted by Gasteiger charge is -2.22. The summed E-state index contributed by atoms with van der Waals surface area (Å²) in [6, 6.07) is 0. The van der Waals surface area contributed by atoms with Gasteiger partial charge in [-0.3, -0.25) is 0 Å². The number of hydrogen-bond donors (Lipinski definition) is 0. The van der Waals surface area contributed by atoms with E-state index >= 15 is 0 Å². The van der Waals surface area contributed by atoms with Gasteiger partial charge >= 0.3 is 0 Å². The van der Waals surface area contributed by atoms with Crippen LogP contribution in [0.1, 0.15) is 17.4 Å². The second-order valence-electron chi connectivity index (χ2n) is 4.62. The van der Waals surface area contributed by atoms with E-state index in [0.717, 1.165) is 40.8 Å². The normalized spacial score (nSPS) is 15.7. The minimum Gasteiger partial charge on any atom is -0.477 e. The lowest BCUT2D eigenvalue weighted by molar-refractivity contribution is 0.315. The summed E-state index contributed by atoms with van der Waals surface area (Å²) >= 11 is 3.35. The third-order valence-electron chi connectivity index (χ3n) is 3.30. The first-order valence-electron chi connectivity index (χ1n) is 6.40. The Bertz CT molecular complexity index is 611. The Balaban J connectivity index is 2.20. The molecule has 0 amide bonds. The molecule has 102 valence electrons. The van der Waals surface area contributed by atoms with Gasteiger partial charge in [-0.2, -0.15) is 4.98 Å². The Labute approximate surface area is 121 Å². The molecule has 0 aliphatic carbocycles. The van der Waals surface area contributed by atoms with Crippen LogP contribution in [-0.2, 0) is 13.0 Å². The fourth-order valence-corrected chi connectivity index (χ4v) is 4.11. The van der Waals surface area contributed by atoms with Gasteiger partial charge in [0.1, 0.15) is 4.83 Å². The van der Waals surface area contributed by atoms with Crippen LogP contribution in [-0.4, -0.2) is 41.3 Å². The molecule has 0 spiro atoms.